The molecule has 1 amide bonds. The molecule has 0 fully saturated rings. The number of rotatable bonds is 10. The van der Waals surface area contributed by atoms with E-state index in [1.54, 1.807) is 0 Å². The number of hydrogen-bond donors (Lipinski definition) is 1. The summed E-state index contributed by atoms with van der Waals surface area (Å²) in [6.07, 6.45) is 10.2. The molecule has 1 aromatic rings. The summed E-state index contributed by atoms with van der Waals surface area (Å²) >= 11 is 0. The number of carbonyl (C=O) groups excluding carboxylic acids is 1. The van der Waals surface area contributed by atoms with E-state index in [1.165, 1.54) is 18.4 Å². The van der Waals surface area contributed by atoms with E-state index >= 15 is 0 Å². The zero-order valence-corrected chi connectivity index (χ0v) is 13.0. The van der Waals surface area contributed by atoms with Gasteiger partial charge in [0.2, 0.25) is 0 Å². The first-order chi connectivity index (χ1) is 10.3. The third kappa shape index (κ3) is 9.72. The number of aryl methyl sites for hydroxylation is 1. The topological polar surface area (TPSA) is 38.3 Å². The van der Waals surface area contributed by atoms with Crippen molar-refractivity contribution in [2.75, 3.05) is 13.2 Å². The Morgan fingerprint density at radius 3 is 2.71 bits per heavy atom. The van der Waals surface area contributed by atoms with Crippen LogP contribution in [0, 0.1) is 0 Å². The van der Waals surface area contributed by atoms with Gasteiger partial charge in [-0.1, -0.05) is 68.7 Å². The highest BCUT2D eigenvalue weighted by Crippen LogP contribution is 2.02. The van der Waals surface area contributed by atoms with E-state index in [-0.39, 0.29) is 6.09 Å². The van der Waals surface area contributed by atoms with Crippen molar-refractivity contribution in [2.24, 2.45) is 0 Å². The third-order valence-corrected chi connectivity index (χ3v) is 3.20. The van der Waals surface area contributed by atoms with Crippen molar-refractivity contribution >= 4 is 6.09 Å². The highest BCUT2D eigenvalue weighted by molar-refractivity contribution is 5.67. The van der Waals surface area contributed by atoms with Gasteiger partial charge in [-0.3, -0.25) is 0 Å². The summed E-state index contributed by atoms with van der Waals surface area (Å²) in [4.78, 5) is 11.4. The number of carbonyl (C=O) groups is 1. The highest BCUT2D eigenvalue weighted by Gasteiger charge is 1.98. The van der Waals surface area contributed by atoms with Crippen molar-refractivity contribution in [3.05, 3.63) is 48.0 Å². The van der Waals surface area contributed by atoms with Crippen LogP contribution in [0.4, 0.5) is 4.79 Å². The Bertz CT molecular complexity index is 401. The quantitative estimate of drug-likeness (QED) is 0.509. The van der Waals surface area contributed by atoms with Crippen molar-refractivity contribution in [3.8, 4) is 0 Å². The highest BCUT2D eigenvalue weighted by atomic mass is 16.5. The van der Waals surface area contributed by atoms with E-state index in [2.05, 4.69) is 42.6 Å². The Morgan fingerprint density at radius 1 is 1.14 bits per heavy atom. The molecule has 0 aromatic heterocycles. The molecule has 0 atom stereocenters. The smallest absolute Gasteiger partial charge is 0.407 e. The number of alkyl carbamates (subject to hydrolysis) is 1. The molecule has 0 saturated carbocycles. The molecular formula is C18H27NO2. The summed E-state index contributed by atoms with van der Waals surface area (Å²) in [6.45, 7) is 3.21. The van der Waals surface area contributed by atoms with Crippen molar-refractivity contribution in [1.29, 1.82) is 0 Å². The van der Waals surface area contributed by atoms with E-state index in [0.717, 1.165) is 25.7 Å². The maximum Gasteiger partial charge on any atom is 0.407 e. The molecule has 0 unspecified atom stereocenters. The van der Waals surface area contributed by atoms with Crippen LogP contribution in [0.15, 0.2) is 42.5 Å². The van der Waals surface area contributed by atoms with Gasteiger partial charge in [-0.05, 0) is 24.8 Å². The number of hydrogen-bond acceptors (Lipinski definition) is 2. The number of amides is 1. The van der Waals surface area contributed by atoms with Crippen LogP contribution in [0.3, 0.4) is 0 Å². The minimum atomic E-state index is -0.320. The Labute approximate surface area is 128 Å². The fourth-order valence-corrected chi connectivity index (χ4v) is 1.98. The van der Waals surface area contributed by atoms with Crippen LogP contribution < -0.4 is 5.32 Å². The summed E-state index contributed by atoms with van der Waals surface area (Å²) in [6, 6.07) is 10.4. The number of unbranched alkanes of at least 4 members (excludes halogenated alkanes) is 3. The average molecular weight is 289 g/mol. The van der Waals surface area contributed by atoms with Gasteiger partial charge in [0.25, 0.3) is 0 Å². The van der Waals surface area contributed by atoms with Gasteiger partial charge in [-0.15, -0.1) is 0 Å². The third-order valence-electron chi connectivity index (χ3n) is 3.20. The molecular weight excluding hydrogens is 262 g/mol. The molecule has 0 saturated heterocycles. The molecule has 3 heteroatoms. The molecule has 1 N–H and O–H groups in total. The first kappa shape index (κ1) is 17.3. The lowest BCUT2D eigenvalue weighted by Gasteiger charge is -2.04. The van der Waals surface area contributed by atoms with Crippen LogP contribution in [0.5, 0.6) is 0 Å². The van der Waals surface area contributed by atoms with E-state index in [9.17, 15) is 4.79 Å². The van der Waals surface area contributed by atoms with Gasteiger partial charge in [0.05, 0.1) is 6.61 Å². The van der Waals surface area contributed by atoms with Crippen molar-refractivity contribution in [3.63, 3.8) is 0 Å². The monoisotopic (exact) mass is 289 g/mol. The predicted octanol–water partition coefficient (Wildman–Crippen LogP) is 4.48. The van der Waals surface area contributed by atoms with Crippen molar-refractivity contribution in [2.45, 2.75) is 45.4 Å². The molecule has 1 aromatic carbocycles. The van der Waals surface area contributed by atoms with Crippen LogP contribution in [0.1, 0.15) is 44.6 Å². The van der Waals surface area contributed by atoms with Crippen LogP contribution in [0.2, 0.25) is 0 Å². The van der Waals surface area contributed by atoms with Crippen LogP contribution in [0.25, 0.3) is 0 Å². The predicted molar refractivity (Wildman–Crippen MR) is 87.4 cm³/mol. The molecule has 0 heterocycles. The second-order valence-corrected chi connectivity index (χ2v) is 5.07. The minimum absolute atomic E-state index is 0.320. The molecule has 3 nitrogen and oxygen atoms in total. The number of allylic oxidation sites excluding steroid dienone is 1. The van der Waals surface area contributed by atoms with Gasteiger partial charge in [-0.2, -0.15) is 0 Å². The molecule has 0 radical (unpaired) electrons. The van der Waals surface area contributed by atoms with Crippen molar-refractivity contribution in [1.82, 2.24) is 5.32 Å². The van der Waals surface area contributed by atoms with Gasteiger partial charge in [-0.25, -0.2) is 4.79 Å². The molecule has 0 aliphatic heterocycles. The van der Waals surface area contributed by atoms with Gasteiger partial charge in [0.1, 0.15) is 0 Å². The number of nitrogens with one attached hydrogen (secondary N) is 1. The van der Waals surface area contributed by atoms with Crippen LogP contribution >= 0.6 is 0 Å². The standard InChI is InChI=1S/C18H27NO2/c1-2-3-4-11-16-21-18(20)19-15-10-6-9-14-17-12-7-5-8-13-17/h5-8,10,12-13H,2-4,9,11,14-16H2,1H3,(H,19,20)/b10-6+. The lowest BCUT2D eigenvalue weighted by Crippen LogP contribution is -2.24. The summed E-state index contributed by atoms with van der Waals surface area (Å²) in [5.41, 5.74) is 1.33. The number of benzene rings is 1. The second-order valence-electron chi connectivity index (χ2n) is 5.07. The molecule has 21 heavy (non-hydrogen) atoms. The van der Waals surface area contributed by atoms with Crippen LogP contribution in [-0.4, -0.2) is 19.2 Å². The minimum Gasteiger partial charge on any atom is -0.450 e. The Kier molecular flexibility index (Phi) is 9.88. The van der Waals surface area contributed by atoms with E-state index in [4.69, 9.17) is 4.74 Å². The molecule has 0 aliphatic rings. The van der Waals surface area contributed by atoms with Gasteiger partial charge < -0.3 is 10.1 Å². The second kappa shape index (κ2) is 12.0. The lowest BCUT2D eigenvalue weighted by atomic mass is 10.1. The maximum absolute atomic E-state index is 11.4. The fraction of sp³-hybridized carbons (Fsp3) is 0.500. The van der Waals surface area contributed by atoms with Gasteiger partial charge in [0, 0.05) is 6.54 Å². The molecule has 0 aliphatic carbocycles. The van der Waals surface area contributed by atoms with E-state index in [0.29, 0.717) is 13.2 Å². The fourth-order valence-electron chi connectivity index (χ4n) is 1.98. The van der Waals surface area contributed by atoms with Crippen LogP contribution in [-0.2, 0) is 11.2 Å². The van der Waals surface area contributed by atoms with Crippen molar-refractivity contribution < 1.29 is 9.53 Å². The first-order valence-electron chi connectivity index (χ1n) is 7.92. The summed E-state index contributed by atoms with van der Waals surface area (Å²) in [7, 11) is 0. The van der Waals surface area contributed by atoms with E-state index < -0.39 is 0 Å². The molecule has 1 rings (SSSR count). The van der Waals surface area contributed by atoms with Gasteiger partial charge in [0.15, 0.2) is 0 Å². The maximum atomic E-state index is 11.4. The summed E-state index contributed by atoms with van der Waals surface area (Å²) < 4.78 is 5.08. The first-order valence-corrected chi connectivity index (χ1v) is 7.92. The summed E-state index contributed by atoms with van der Waals surface area (Å²) in [5, 5.41) is 2.72. The Hall–Kier alpha value is -1.77. The zero-order valence-electron chi connectivity index (χ0n) is 13.0. The van der Waals surface area contributed by atoms with E-state index in [1.807, 2.05) is 12.1 Å². The van der Waals surface area contributed by atoms with Gasteiger partial charge >= 0.3 is 6.09 Å². The summed E-state index contributed by atoms with van der Waals surface area (Å²) in [5.74, 6) is 0. The zero-order chi connectivity index (χ0) is 15.2. The lowest BCUT2D eigenvalue weighted by molar-refractivity contribution is 0.145. The molecule has 116 valence electrons. The molecule has 0 bridgehead atoms. The largest absolute Gasteiger partial charge is 0.450 e. The number of ether oxygens (including phenoxy) is 1. The molecule has 0 spiro atoms. The normalized spacial score (nSPS) is 10.7. The SMILES string of the molecule is CCCCCCOC(=O)NC/C=C/CCc1ccccc1. The Morgan fingerprint density at radius 2 is 1.95 bits per heavy atom. The average Bonchev–Trinajstić information content (AvgIpc) is 2.51. The Balaban J connectivity index is 1.97.